The van der Waals surface area contributed by atoms with Crippen LogP contribution < -0.4 is 0 Å². The second kappa shape index (κ2) is 8.31. The molecule has 1 aromatic heterocycles. The number of hydrogen-bond donors (Lipinski definition) is 0. The molecule has 0 spiro atoms. The number of carbonyl (C=O) groups is 1. The summed E-state index contributed by atoms with van der Waals surface area (Å²) in [4.78, 5) is 12.4. The second-order valence-electron chi connectivity index (χ2n) is 6.32. The van der Waals surface area contributed by atoms with Gasteiger partial charge < -0.3 is 4.74 Å². The first-order valence-corrected chi connectivity index (χ1v) is 9.05. The third-order valence-electron chi connectivity index (χ3n) is 4.35. The third kappa shape index (κ3) is 3.99. The van der Waals surface area contributed by atoms with Crippen LogP contribution in [-0.4, -0.2) is 21.0 Å². The summed E-state index contributed by atoms with van der Waals surface area (Å²) >= 11 is 0. The fraction of sp³-hybridized carbons (Fsp3) is 0.0870. The lowest BCUT2D eigenvalue weighted by atomic mass is 10.0. The van der Waals surface area contributed by atoms with Crippen molar-refractivity contribution in [3.05, 3.63) is 96.6 Å². The highest BCUT2D eigenvalue weighted by Crippen LogP contribution is 2.30. The molecule has 0 aliphatic rings. The molecule has 0 saturated carbocycles. The maximum atomic E-state index is 12.4. The minimum absolute atomic E-state index is 0.00308. The molecule has 0 unspecified atom stereocenters. The zero-order valence-electron chi connectivity index (χ0n) is 15.2. The number of carbonyl (C=O) groups excluding carboxylic acids is 1. The van der Waals surface area contributed by atoms with E-state index in [9.17, 15) is 4.79 Å². The van der Waals surface area contributed by atoms with Crippen molar-refractivity contribution in [3.8, 4) is 22.5 Å². The maximum Gasteiger partial charge on any atom is 0.328 e. The average Bonchev–Trinajstić information content (AvgIpc) is 3.17. The van der Waals surface area contributed by atoms with Crippen molar-refractivity contribution in [2.45, 2.75) is 13.2 Å². The normalized spacial score (nSPS) is 10.6. The van der Waals surface area contributed by atoms with Gasteiger partial charge in [0.1, 0.15) is 18.8 Å². The molecule has 5 heteroatoms. The van der Waals surface area contributed by atoms with Crippen molar-refractivity contribution in [1.29, 1.82) is 0 Å². The number of esters is 1. The summed E-state index contributed by atoms with van der Waals surface area (Å²) < 4.78 is 7.01. The maximum absolute atomic E-state index is 12.4. The molecule has 0 amide bonds. The van der Waals surface area contributed by atoms with E-state index < -0.39 is 0 Å². The first-order chi connectivity index (χ1) is 13.8. The SMILES string of the molecule is O=C(Cn1nnc(-c2ccccc2)c1-c1ccccc1)OCc1ccccc1. The molecule has 138 valence electrons. The van der Waals surface area contributed by atoms with Gasteiger partial charge in [0.2, 0.25) is 0 Å². The number of hydrogen-bond acceptors (Lipinski definition) is 4. The zero-order chi connectivity index (χ0) is 19.2. The van der Waals surface area contributed by atoms with Crippen LogP contribution in [0.2, 0.25) is 0 Å². The Morgan fingerprint density at radius 1 is 0.786 bits per heavy atom. The van der Waals surface area contributed by atoms with Gasteiger partial charge in [0.15, 0.2) is 0 Å². The summed E-state index contributed by atoms with van der Waals surface area (Å²) in [6.07, 6.45) is 0. The molecule has 4 rings (SSSR count). The smallest absolute Gasteiger partial charge is 0.328 e. The molecule has 3 aromatic carbocycles. The largest absolute Gasteiger partial charge is 0.459 e. The van der Waals surface area contributed by atoms with Crippen LogP contribution in [0.15, 0.2) is 91.0 Å². The van der Waals surface area contributed by atoms with Crippen LogP contribution in [0.3, 0.4) is 0 Å². The highest BCUT2D eigenvalue weighted by Gasteiger charge is 2.18. The average molecular weight is 369 g/mol. The van der Waals surface area contributed by atoms with Gasteiger partial charge in [-0.15, -0.1) is 5.10 Å². The van der Waals surface area contributed by atoms with Crippen molar-refractivity contribution in [2.75, 3.05) is 0 Å². The first kappa shape index (κ1) is 17.7. The topological polar surface area (TPSA) is 57.0 Å². The van der Waals surface area contributed by atoms with Crippen molar-refractivity contribution >= 4 is 5.97 Å². The van der Waals surface area contributed by atoms with Crippen molar-refractivity contribution in [3.63, 3.8) is 0 Å². The number of nitrogens with zero attached hydrogens (tertiary/aromatic N) is 3. The molecule has 0 aliphatic carbocycles. The molecule has 1 heterocycles. The van der Waals surface area contributed by atoms with Gasteiger partial charge in [-0.25, -0.2) is 4.68 Å². The molecule has 0 radical (unpaired) electrons. The van der Waals surface area contributed by atoms with Gasteiger partial charge in [0, 0.05) is 11.1 Å². The first-order valence-electron chi connectivity index (χ1n) is 9.05. The van der Waals surface area contributed by atoms with Crippen LogP contribution in [0.25, 0.3) is 22.5 Å². The number of aromatic nitrogens is 3. The summed E-state index contributed by atoms with van der Waals surface area (Å²) in [5.74, 6) is -0.356. The molecule has 0 aliphatic heterocycles. The van der Waals surface area contributed by atoms with Crippen LogP contribution >= 0.6 is 0 Å². The molecule has 4 aromatic rings. The molecular formula is C23H19N3O2. The molecular weight excluding hydrogens is 350 g/mol. The summed E-state index contributed by atoms with van der Waals surface area (Å²) in [6, 6.07) is 29.3. The molecule has 0 atom stereocenters. The lowest BCUT2D eigenvalue weighted by Gasteiger charge is -2.09. The Balaban J connectivity index is 1.60. The van der Waals surface area contributed by atoms with Gasteiger partial charge in [-0.05, 0) is 5.56 Å². The van der Waals surface area contributed by atoms with Gasteiger partial charge in [0.25, 0.3) is 0 Å². The van der Waals surface area contributed by atoms with Gasteiger partial charge >= 0.3 is 5.97 Å². The number of rotatable bonds is 6. The Bertz CT molecular complexity index is 1050. The van der Waals surface area contributed by atoms with E-state index in [2.05, 4.69) is 10.3 Å². The van der Waals surface area contributed by atoms with E-state index in [1.54, 1.807) is 4.68 Å². The van der Waals surface area contributed by atoms with Crippen molar-refractivity contribution in [2.24, 2.45) is 0 Å². The zero-order valence-corrected chi connectivity index (χ0v) is 15.2. The Labute approximate surface area is 163 Å². The second-order valence-corrected chi connectivity index (χ2v) is 6.32. The van der Waals surface area contributed by atoms with E-state index in [1.807, 2.05) is 91.0 Å². The predicted molar refractivity (Wildman–Crippen MR) is 107 cm³/mol. The quantitative estimate of drug-likeness (QED) is 0.474. The highest BCUT2D eigenvalue weighted by atomic mass is 16.5. The van der Waals surface area contributed by atoms with Crippen LogP contribution in [0, 0.1) is 0 Å². The summed E-state index contributed by atoms with van der Waals surface area (Å²) in [7, 11) is 0. The Morgan fingerprint density at radius 2 is 1.36 bits per heavy atom. The Hall–Kier alpha value is -3.73. The Kier molecular flexibility index (Phi) is 5.24. The van der Waals surface area contributed by atoms with E-state index in [-0.39, 0.29) is 19.1 Å². The van der Waals surface area contributed by atoms with E-state index in [1.165, 1.54) is 0 Å². The van der Waals surface area contributed by atoms with Crippen molar-refractivity contribution in [1.82, 2.24) is 15.0 Å². The lowest BCUT2D eigenvalue weighted by molar-refractivity contribution is -0.145. The molecule has 0 N–H and O–H groups in total. The number of benzene rings is 3. The standard InChI is InChI=1S/C23H19N3O2/c27-21(28-17-18-10-4-1-5-11-18)16-26-23(20-14-8-3-9-15-20)22(24-25-26)19-12-6-2-7-13-19/h1-15H,16-17H2. The van der Waals surface area contributed by atoms with Gasteiger partial charge in [-0.3, -0.25) is 4.79 Å². The molecule has 0 bridgehead atoms. The van der Waals surface area contributed by atoms with E-state index in [4.69, 9.17) is 4.74 Å². The lowest BCUT2D eigenvalue weighted by Crippen LogP contribution is -2.15. The minimum Gasteiger partial charge on any atom is -0.459 e. The van der Waals surface area contributed by atoms with E-state index in [0.717, 1.165) is 28.1 Å². The van der Waals surface area contributed by atoms with Gasteiger partial charge in [-0.1, -0.05) is 96.2 Å². The van der Waals surface area contributed by atoms with Gasteiger partial charge in [-0.2, -0.15) is 0 Å². The van der Waals surface area contributed by atoms with Crippen LogP contribution in [0.5, 0.6) is 0 Å². The van der Waals surface area contributed by atoms with Gasteiger partial charge in [0.05, 0.1) is 5.69 Å². The Morgan fingerprint density at radius 3 is 2.00 bits per heavy atom. The number of ether oxygens (including phenoxy) is 1. The molecule has 28 heavy (non-hydrogen) atoms. The summed E-state index contributed by atoms with van der Waals surface area (Å²) in [5.41, 5.74) is 4.38. The van der Waals surface area contributed by atoms with Crippen molar-refractivity contribution < 1.29 is 9.53 Å². The van der Waals surface area contributed by atoms with Crippen LogP contribution in [-0.2, 0) is 22.7 Å². The minimum atomic E-state index is -0.356. The molecule has 5 nitrogen and oxygen atoms in total. The van der Waals surface area contributed by atoms with E-state index >= 15 is 0 Å². The molecule has 0 fully saturated rings. The van der Waals surface area contributed by atoms with Crippen LogP contribution in [0.1, 0.15) is 5.56 Å². The summed E-state index contributed by atoms with van der Waals surface area (Å²) in [5, 5.41) is 8.57. The summed E-state index contributed by atoms with van der Waals surface area (Å²) in [6.45, 7) is 0.234. The third-order valence-corrected chi connectivity index (χ3v) is 4.35. The highest BCUT2D eigenvalue weighted by molar-refractivity contribution is 5.79. The fourth-order valence-corrected chi connectivity index (χ4v) is 3.00. The monoisotopic (exact) mass is 369 g/mol. The fourth-order valence-electron chi connectivity index (χ4n) is 3.00. The predicted octanol–water partition coefficient (Wildman–Crippen LogP) is 4.36. The van der Waals surface area contributed by atoms with Crippen LogP contribution in [0.4, 0.5) is 0 Å². The van der Waals surface area contributed by atoms with E-state index in [0.29, 0.717) is 0 Å². The molecule has 0 saturated heterocycles.